The molecular weight excluding hydrogens is 284 g/mol. The highest BCUT2D eigenvalue weighted by atomic mass is 16.3. The largest absolute Gasteiger partial charge is 0.393 e. The molecule has 4 aliphatic rings. The summed E-state index contributed by atoms with van der Waals surface area (Å²) in [5.41, 5.74) is 1.77. The smallest absolute Gasteiger partial charge is 0.155 e. The van der Waals surface area contributed by atoms with Crippen LogP contribution in [0, 0.1) is 34.5 Å². The third-order valence-electron chi connectivity index (χ3n) is 8.58. The molecule has 0 amide bonds. The molecule has 4 rings (SSSR count). The number of ketones is 1. The molecule has 0 bridgehead atoms. The maximum atomic E-state index is 11.9. The fourth-order valence-corrected chi connectivity index (χ4v) is 7.46. The van der Waals surface area contributed by atoms with Crippen molar-refractivity contribution in [1.82, 2.24) is 0 Å². The number of fused-ring (bicyclic) bond motifs is 5. The lowest BCUT2D eigenvalue weighted by Crippen LogP contribution is -2.56. The van der Waals surface area contributed by atoms with E-state index in [0.717, 1.165) is 31.1 Å². The summed E-state index contributed by atoms with van der Waals surface area (Å²) >= 11 is 0. The highest BCUT2D eigenvalue weighted by Gasteiger charge is 2.61. The van der Waals surface area contributed by atoms with E-state index in [9.17, 15) is 9.90 Å². The van der Waals surface area contributed by atoms with Gasteiger partial charge in [-0.15, -0.1) is 0 Å². The number of aliphatic hydroxyl groups excluding tert-OH is 1. The lowest BCUT2D eigenvalue weighted by atomic mass is 9.46. The molecule has 3 unspecified atom stereocenters. The van der Waals surface area contributed by atoms with Gasteiger partial charge in [0.1, 0.15) is 0 Å². The van der Waals surface area contributed by atoms with Gasteiger partial charge in [0.25, 0.3) is 0 Å². The van der Waals surface area contributed by atoms with Crippen LogP contribution < -0.4 is 0 Å². The van der Waals surface area contributed by atoms with E-state index in [0.29, 0.717) is 29.5 Å². The van der Waals surface area contributed by atoms with Gasteiger partial charge < -0.3 is 5.11 Å². The molecule has 0 aromatic rings. The predicted octanol–water partition coefficient (Wildman–Crippen LogP) is 4.52. The first-order valence-corrected chi connectivity index (χ1v) is 9.82. The van der Waals surface area contributed by atoms with Crippen molar-refractivity contribution in [3.63, 3.8) is 0 Å². The molecule has 2 nitrogen and oxygen atoms in total. The number of aliphatic hydroxyl groups is 1. The van der Waals surface area contributed by atoms with Crippen molar-refractivity contribution in [3.05, 3.63) is 11.6 Å². The summed E-state index contributed by atoms with van der Waals surface area (Å²) in [6, 6.07) is 0. The summed E-state index contributed by atoms with van der Waals surface area (Å²) in [6.07, 6.45) is 10.6. The van der Waals surface area contributed by atoms with Crippen LogP contribution in [0.5, 0.6) is 0 Å². The number of carbonyl (C=O) groups excluding carboxylic acids is 1. The number of carbonyl (C=O) groups is 1. The predicted molar refractivity (Wildman–Crippen MR) is 91.9 cm³/mol. The van der Waals surface area contributed by atoms with E-state index >= 15 is 0 Å². The molecule has 3 fully saturated rings. The molecule has 0 aromatic heterocycles. The molecule has 7 atom stereocenters. The van der Waals surface area contributed by atoms with Gasteiger partial charge in [0, 0.05) is 6.42 Å². The molecule has 0 radical (unpaired) electrons. The van der Waals surface area contributed by atoms with Crippen molar-refractivity contribution < 1.29 is 9.90 Å². The Morgan fingerprint density at radius 1 is 1.22 bits per heavy atom. The van der Waals surface area contributed by atoms with Gasteiger partial charge in [-0.1, -0.05) is 32.8 Å². The van der Waals surface area contributed by atoms with Crippen molar-refractivity contribution in [2.75, 3.05) is 0 Å². The van der Waals surface area contributed by atoms with E-state index in [1.165, 1.54) is 31.3 Å². The number of hydrogen-bond acceptors (Lipinski definition) is 2. The summed E-state index contributed by atoms with van der Waals surface area (Å²) < 4.78 is 0. The van der Waals surface area contributed by atoms with Crippen LogP contribution in [-0.4, -0.2) is 17.0 Å². The first kappa shape index (κ1) is 15.9. The van der Waals surface area contributed by atoms with Crippen LogP contribution in [0.4, 0.5) is 0 Å². The highest BCUT2D eigenvalue weighted by Crippen LogP contribution is 2.66. The second-order valence-corrected chi connectivity index (χ2v) is 9.35. The first-order chi connectivity index (χ1) is 10.9. The fourth-order valence-electron chi connectivity index (χ4n) is 7.46. The Morgan fingerprint density at radius 3 is 2.74 bits per heavy atom. The van der Waals surface area contributed by atoms with Gasteiger partial charge >= 0.3 is 0 Å². The van der Waals surface area contributed by atoms with Crippen molar-refractivity contribution in [1.29, 1.82) is 0 Å². The van der Waals surface area contributed by atoms with Crippen LogP contribution >= 0.6 is 0 Å². The lowest BCUT2D eigenvalue weighted by Gasteiger charge is -2.59. The molecule has 0 spiro atoms. The van der Waals surface area contributed by atoms with E-state index in [2.05, 4.69) is 20.8 Å². The van der Waals surface area contributed by atoms with Gasteiger partial charge in [-0.3, -0.25) is 4.79 Å². The zero-order valence-electron chi connectivity index (χ0n) is 15.0. The highest BCUT2D eigenvalue weighted by molar-refractivity contribution is 5.91. The van der Waals surface area contributed by atoms with Crippen molar-refractivity contribution in [2.45, 2.75) is 78.2 Å². The monoisotopic (exact) mass is 316 g/mol. The van der Waals surface area contributed by atoms with Gasteiger partial charge in [-0.2, -0.15) is 0 Å². The second-order valence-electron chi connectivity index (χ2n) is 9.35. The summed E-state index contributed by atoms with van der Waals surface area (Å²) in [5, 5.41) is 11.2. The summed E-state index contributed by atoms with van der Waals surface area (Å²) in [7, 11) is 0. The molecule has 2 heteroatoms. The second kappa shape index (κ2) is 5.18. The lowest BCUT2D eigenvalue weighted by molar-refractivity contribution is -0.133. The van der Waals surface area contributed by atoms with E-state index < -0.39 is 0 Å². The molecule has 128 valence electrons. The average molecular weight is 316 g/mol. The van der Waals surface area contributed by atoms with E-state index in [1.54, 1.807) is 0 Å². The van der Waals surface area contributed by atoms with Crippen LogP contribution in [0.3, 0.4) is 0 Å². The van der Waals surface area contributed by atoms with Crippen LogP contribution in [0.15, 0.2) is 11.6 Å². The van der Waals surface area contributed by atoms with Crippen LogP contribution in [-0.2, 0) is 4.79 Å². The molecule has 3 saturated carbocycles. The van der Waals surface area contributed by atoms with Crippen LogP contribution in [0.1, 0.15) is 72.1 Å². The van der Waals surface area contributed by atoms with Crippen LogP contribution in [0.25, 0.3) is 0 Å². The summed E-state index contributed by atoms with van der Waals surface area (Å²) in [6.45, 7) is 7.14. The van der Waals surface area contributed by atoms with Gasteiger partial charge in [-0.05, 0) is 79.1 Å². The van der Waals surface area contributed by atoms with E-state index in [4.69, 9.17) is 0 Å². The molecule has 23 heavy (non-hydrogen) atoms. The minimum atomic E-state index is -0.185. The fraction of sp³-hybridized carbons (Fsp3) is 0.857. The Labute approximate surface area is 140 Å². The summed E-state index contributed by atoms with van der Waals surface area (Å²) in [5.74, 6) is 2.93. The third kappa shape index (κ3) is 2.06. The van der Waals surface area contributed by atoms with E-state index in [-0.39, 0.29) is 11.5 Å². The molecule has 4 aliphatic carbocycles. The minimum absolute atomic E-state index is 0.0713. The zero-order valence-corrected chi connectivity index (χ0v) is 15.0. The van der Waals surface area contributed by atoms with Crippen molar-refractivity contribution in [3.8, 4) is 0 Å². The van der Waals surface area contributed by atoms with E-state index in [1.807, 2.05) is 6.08 Å². The van der Waals surface area contributed by atoms with Gasteiger partial charge in [0.2, 0.25) is 0 Å². The van der Waals surface area contributed by atoms with Gasteiger partial charge in [0.15, 0.2) is 5.78 Å². The summed E-state index contributed by atoms with van der Waals surface area (Å²) in [4.78, 5) is 11.9. The Kier molecular flexibility index (Phi) is 3.58. The van der Waals surface area contributed by atoms with Gasteiger partial charge in [0.05, 0.1) is 6.10 Å². The molecule has 0 heterocycles. The Hall–Kier alpha value is -0.630. The maximum absolute atomic E-state index is 11.9. The first-order valence-electron chi connectivity index (χ1n) is 9.82. The van der Waals surface area contributed by atoms with Crippen molar-refractivity contribution in [2.24, 2.45) is 34.5 Å². The maximum Gasteiger partial charge on any atom is 0.155 e. The quantitative estimate of drug-likeness (QED) is 0.772. The molecule has 0 saturated heterocycles. The van der Waals surface area contributed by atoms with Crippen LogP contribution in [0.2, 0.25) is 0 Å². The number of hydrogen-bond donors (Lipinski definition) is 1. The SMILES string of the molecule is CC[C@H]1CCC2C3CCC4=CC(=O)CC[C@]4(C)C3[C@H](O)C[C@@]21C. The standard InChI is InChI=1S/C21H32O2/c1-4-13-6-8-17-16-7-5-14-11-15(22)9-10-20(14,2)19(16)18(23)12-21(13,17)3/h11,13,16-19,23H,4-10,12H2,1-3H3/t13-,16?,17?,18+,19?,20-,21+/m0/s1. The minimum Gasteiger partial charge on any atom is -0.393 e. The molecule has 0 aromatic carbocycles. The molecule has 1 N–H and O–H groups in total. The third-order valence-corrected chi connectivity index (χ3v) is 8.58. The Morgan fingerprint density at radius 2 is 2.00 bits per heavy atom. The average Bonchev–Trinajstić information content (AvgIpc) is 2.83. The normalized spacial score (nSPS) is 52.4. The topological polar surface area (TPSA) is 37.3 Å². The van der Waals surface area contributed by atoms with Gasteiger partial charge in [-0.25, -0.2) is 0 Å². The number of rotatable bonds is 1. The van der Waals surface area contributed by atoms with Crippen molar-refractivity contribution >= 4 is 5.78 Å². The number of allylic oxidation sites excluding steroid dienone is 1. The molecule has 0 aliphatic heterocycles. The zero-order chi connectivity index (χ0) is 16.4. The Bertz CT molecular complexity index is 550. The Balaban J connectivity index is 1.72. The molecular formula is C21H32O2.